The van der Waals surface area contributed by atoms with Crippen LogP contribution in [0.4, 0.5) is 21.5 Å². The summed E-state index contributed by atoms with van der Waals surface area (Å²) < 4.78 is 13.2. The Kier molecular flexibility index (Phi) is 5.37. The third kappa shape index (κ3) is 4.46. The maximum atomic E-state index is 13.2. The maximum Gasteiger partial charge on any atom is 0.306 e. The first-order valence-electron chi connectivity index (χ1n) is 6.34. The molecule has 0 spiro atoms. The smallest absolute Gasteiger partial charge is 0.306 e. The van der Waals surface area contributed by atoms with Crippen molar-refractivity contribution in [1.82, 2.24) is 4.98 Å². The molecular weight excluding hydrogens is 343 g/mol. The Balaban J connectivity index is 1.95. The van der Waals surface area contributed by atoms with Crippen molar-refractivity contribution in [1.29, 1.82) is 0 Å². The lowest BCUT2D eigenvalue weighted by Gasteiger charge is -2.05. The lowest BCUT2D eigenvalue weighted by Crippen LogP contribution is -2.14. The lowest BCUT2D eigenvalue weighted by molar-refractivity contribution is -0.387. The second-order valence-corrected chi connectivity index (χ2v) is 5.37. The number of nitrogens with zero attached hydrogens (tertiary/aromatic N) is 3. The molecule has 0 radical (unpaired) electrons. The lowest BCUT2D eigenvalue weighted by atomic mass is 10.2. The third-order valence-corrected chi connectivity index (χ3v) is 3.65. The van der Waals surface area contributed by atoms with E-state index >= 15 is 0 Å². The molecule has 0 atom stereocenters. The van der Waals surface area contributed by atoms with E-state index in [0.29, 0.717) is 5.03 Å². The molecule has 1 aromatic heterocycles. The highest BCUT2D eigenvalue weighted by Crippen LogP contribution is 2.22. The Morgan fingerprint density at radius 1 is 1.21 bits per heavy atom. The molecule has 1 heterocycles. The van der Waals surface area contributed by atoms with Gasteiger partial charge in [0.05, 0.1) is 20.6 Å². The Bertz CT molecular complexity index is 799. The fraction of sp³-hybridized carbons (Fsp3) is 0.0769. The van der Waals surface area contributed by atoms with Crippen LogP contribution in [0.2, 0.25) is 0 Å². The molecule has 0 aliphatic rings. The summed E-state index contributed by atoms with van der Waals surface area (Å²) in [5, 5.41) is 23.9. The van der Waals surface area contributed by atoms with E-state index in [4.69, 9.17) is 0 Å². The molecule has 0 saturated carbocycles. The van der Waals surface area contributed by atoms with Gasteiger partial charge in [0.1, 0.15) is 6.20 Å². The number of pyridine rings is 1. The number of rotatable bonds is 6. The monoisotopic (exact) mass is 352 g/mol. The number of benzene rings is 1. The molecule has 0 bridgehead atoms. The fourth-order valence-corrected chi connectivity index (χ4v) is 2.28. The van der Waals surface area contributed by atoms with Crippen LogP contribution in [0.3, 0.4) is 0 Å². The van der Waals surface area contributed by atoms with E-state index in [1.54, 1.807) is 0 Å². The van der Waals surface area contributed by atoms with Gasteiger partial charge < -0.3 is 5.32 Å². The molecule has 0 aliphatic heterocycles. The number of halogens is 1. The van der Waals surface area contributed by atoms with Gasteiger partial charge in [-0.15, -0.1) is 0 Å². The molecule has 0 saturated heterocycles. The zero-order chi connectivity index (χ0) is 17.7. The summed E-state index contributed by atoms with van der Waals surface area (Å²) >= 11 is 1.03. The van der Waals surface area contributed by atoms with Gasteiger partial charge in [-0.3, -0.25) is 25.0 Å². The number of carbonyl (C=O) groups excluding carboxylic acids is 1. The molecule has 0 aliphatic carbocycles. The number of aromatic nitrogens is 1. The van der Waals surface area contributed by atoms with Gasteiger partial charge in [-0.05, 0) is 18.2 Å². The molecule has 124 valence electrons. The first-order chi connectivity index (χ1) is 11.4. The normalized spacial score (nSPS) is 10.2. The predicted molar refractivity (Wildman–Crippen MR) is 83.3 cm³/mol. The van der Waals surface area contributed by atoms with Crippen LogP contribution in [0.15, 0.2) is 41.6 Å². The van der Waals surface area contributed by atoms with Crippen molar-refractivity contribution in [3.63, 3.8) is 0 Å². The van der Waals surface area contributed by atoms with Crippen molar-refractivity contribution in [3.8, 4) is 0 Å². The van der Waals surface area contributed by atoms with Crippen LogP contribution in [-0.4, -0.2) is 26.5 Å². The van der Waals surface area contributed by atoms with Crippen molar-refractivity contribution in [2.75, 3.05) is 11.1 Å². The van der Waals surface area contributed by atoms with Crippen LogP contribution < -0.4 is 5.32 Å². The molecule has 1 N–H and O–H groups in total. The SMILES string of the molecule is O=C(CSc1ccc([N+](=O)[O-])cn1)Nc1ccc(F)c([N+](=O)[O-])c1. The fourth-order valence-electron chi connectivity index (χ4n) is 1.63. The summed E-state index contributed by atoms with van der Waals surface area (Å²) in [5.74, 6) is -1.56. The van der Waals surface area contributed by atoms with Crippen molar-refractivity contribution >= 4 is 34.7 Å². The van der Waals surface area contributed by atoms with Crippen LogP contribution in [-0.2, 0) is 4.79 Å². The van der Waals surface area contributed by atoms with Gasteiger partial charge in [-0.25, -0.2) is 4.98 Å². The molecule has 0 unspecified atom stereocenters. The minimum atomic E-state index is -0.998. The number of nitrogens with one attached hydrogen (secondary N) is 1. The highest BCUT2D eigenvalue weighted by Gasteiger charge is 2.15. The Morgan fingerprint density at radius 3 is 2.54 bits per heavy atom. The molecular formula is C13H9FN4O5S. The van der Waals surface area contributed by atoms with E-state index in [1.165, 1.54) is 18.2 Å². The van der Waals surface area contributed by atoms with Gasteiger partial charge in [-0.1, -0.05) is 11.8 Å². The molecule has 9 nitrogen and oxygen atoms in total. The number of hydrogen-bond donors (Lipinski definition) is 1. The summed E-state index contributed by atoms with van der Waals surface area (Å²) in [6.07, 6.45) is 1.07. The Labute approximate surface area is 138 Å². The van der Waals surface area contributed by atoms with Gasteiger partial charge in [0.25, 0.3) is 5.69 Å². The first-order valence-corrected chi connectivity index (χ1v) is 7.32. The predicted octanol–water partition coefficient (Wildman–Crippen LogP) is 2.77. The van der Waals surface area contributed by atoms with E-state index in [2.05, 4.69) is 10.3 Å². The van der Waals surface area contributed by atoms with Crippen LogP contribution in [0, 0.1) is 26.0 Å². The minimum absolute atomic E-state index is 0.0734. The molecule has 11 heteroatoms. The number of anilines is 1. The van der Waals surface area contributed by atoms with Crippen molar-refractivity contribution in [3.05, 3.63) is 62.6 Å². The second-order valence-electron chi connectivity index (χ2n) is 4.37. The van der Waals surface area contributed by atoms with E-state index in [-0.39, 0.29) is 17.1 Å². The van der Waals surface area contributed by atoms with Crippen molar-refractivity contribution < 1.29 is 19.0 Å². The molecule has 0 fully saturated rings. The standard InChI is InChI=1S/C13H9FN4O5S/c14-10-3-1-8(5-11(10)18(22)23)16-12(19)7-24-13-4-2-9(6-15-13)17(20)21/h1-6H,7H2,(H,16,19). The summed E-state index contributed by atoms with van der Waals surface area (Å²) in [6.45, 7) is 0. The zero-order valence-corrected chi connectivity index (χ0v) is 12.7. The first kappa shape index (κ1) is 17.3. The van der Waals surface area contributed by atoms with Gasteiger partial charge in [0.2, 0.25) is 11.7 Å². The van der Waals surface area contributed by atoms with Gasteiger partial charge in [0, 0.05) is 17.8 Å². The number of hydrogen-bond acceptors (Lipinski definition) is 7. The van der Waals surface area contributed by atoms with Gasteiger partial charge in [0.15, 0.2) is 0 Å². The van der Waals surface area contributed by atoms with Crippen molar-refractivity contribution in [2.45, 2.75) is 5.03 Å². The number of nitro groups is 2. The van der Waals surface area contributed by atoms with Gasteiger partial charge >= 0.3 is 5.69 Å². The van der Waals surface area contributed by atoms with Crippen LogP contribution in [0.1, 0.15) is 0 Å². The number of nitro benzene ring substituents is 1. The van der Waals surface area contributed by atoms with E-state index < -0.39 is 27.3 Å². The summed E-state index contributed by atoms with van der Waals surface area (Å²) in [6, 6.07) is 5.67. The summed E-state index contributed by atoms with van der Waals surface area (Å²) in [7, 11) is 0. The molecule has 24 heavy (non-hydrogen) atoms. The largest absolute Gasteiger partial charge is 0.325 e. The highest BCUT2D eigenvalue weighted by molar-refractivity contribution is 7.99. The topological polar surface area (TPSA) is 128 Å². The molecule has 1 amide bonds. The number of thioether (sulfide) groups is 1. The second kappa shape index (κ2) is 7.46. The van der Waals surface area contributed by atoms with E-state index in [9.17, 15) is 29.4 Å². The Morgan fingerprint density at radius 2 is 1.96 bits per heavy atom. The number of amides is 1. The zero-order valence-electron chi connectivity index (χ0n) is 11.8. The van der Waals surface area contributed by atoms with E-state index in [1.807, 2.05) is 0 Å². The molecule has 2 rings (SSSR count). The third-order valence-electron chi connectivity index (χ3n) is 2.71. The maximum absolute atomic E-state index is 13.2. The van der Waals surface area contributed by atoms with Crippen LogP contribution in [0.5, 0.6) is 0 Å². The quantitative estimate of drug-likeness (QED) is 0.481. The molecule has 1 aromatic carbocycles. The summed E-state index contributed by atoms with van der Waals surface area (Å²) in [4.78, 5) is 35.3. The number of carbonyl (C=O) groups is 1. The van der Waals surface area contributed by atoms with Crippen molar-refractivity contribution in [2.24, 2.45) is 0 Å². The average molecular weight is 352 g/mol. The van der Waals surface area contributed by atoms with E-state index in [0.717, 1.165) is 30.1 Å². The van der Waals surface area contributed by atoms with Crippen LogP contribution >= 0.6 is 11.8 Å². The summed E-state index contributed by atoms with van der Waals surface area (Å²) in [5.41, 5.74) is -0.815. The molecule has 2 aromatic rings. The Hall–Kier alpha value is -3.08. The van der Waals surface area contributed by atoms with Gasteiger partial charge in [-0.2, -0.15) is 4.39 Å². The highest BCUT2D eigenvalue weighted by atomic mass is 32.2. The minimum Gasteiger partial charge on any atom is -0.325 e. The average Bonchev–Trinajstić information content (AvgIpc) is 2.55. The van der Waals surface area contributed by atoms with Crippen LogP contribution in [0.25, 0.3) is 0 Å².